The van der Waals surface area contributed by atoms with Gasteiger partial charge in [-0.3, -0.25) is 14.5 Å². The van der Waals surface area contributed by atoms with E-state index in [1.165, 1.54) is 18.6 Å². The Morgan fingerprint density at radius 2 is 2.37 bits per heavy atom. The lowest BCUT2D eigenvalue weighted by Crippen LogP contribution is -2.13. The second kappa shape index (κ2) is 5.15. The molecule has 19 heavy (non-hydrogen) atoms. The van der Waals surface area contributed by atoms with E-state index in [1.54, 1.807) is 12.4 Å². The molecular weight excluding hydrogens is 246 g/mol. The van der Waals surface area contributed by atoms with Crippen LogP contribution in [0.2, 0.25) is 0 Å². The minimum atomic E-state index is -0.296. The summed E-state index contributed by atoms with van der Waals surface area (Å²) < 4.78 is 7.12. The van der Waals surface area contributed by atoms with Crippen molar-refractivity contribution in [2.45, 2.75) is 12.5 Å². The molecule has 3 heterocycles. The second-order valence-electron chi connectivity index (χ2n) is 4.27. The standard InChI is InChI=1S/C12H13N5O2/c18-12(11-6-13-2-3-14-11)16-9-5-15-17(7-9)10-1-4-19-8-10/h2-3,5-7,10H,1,4,8H2,(H,16,18)/t10-/m1/s1. The summed E-state index contributed by atoms with van der Waals surface area (Å²) in [5.74, 6) is -0.296. The average Bonchev–Trinajstić information content (AvgIpc) is 3.10. The second-order valence-corrected chi connectivity index (χ2v) is 4.27. The highest BCUT2D eigenvalue weighted by Gasteiger charge is 2.18. The number of ether oxygens (including phenoxy) is 1. The monoisotopic (exact) mass is 259 g/mol. The van der Waals surface area contributed by atoms with Crippen molar-refractivity contribution in [2.75, 3.05) is 18.5 Å². The molecule has 1 fully saturated rings. The Bertz CT molecular complexity index is 563. The molecule has 1 N–H and O–H groups in total. The van der Waals surface area contributed by atoms with Crippen LogP contribution in [-0.2, 0) is 4.74 Å². The lowest BCUT2D eigenvalue weighted by atomic mass is 10.3. The van der Waals surface area contributed by atoms with E-state index in [-0.39, 0.29) is 17.6 Å². The Hall–Kier alpha value is -2.28. The van der Waals surface area contributed by atoms with Crippen molar-refractivity contribution in [2.24, 2.45) is 0 Å². The van der Waals surface area contributed by atoms with E-state index in [2.05, 4.69) is 20.4 Å². The van der Waals surface area contributed by atoms with Gasteiger partial charge in [0.05, 0.1) is 30.7 Å². The van der Waals surface area contributed by atoms with Crippen LogP contribution in [0.3, 0.4) is 0 Å². The normalized spacial score (nSPS) is 18.4. The summed E-state index contributed by atoms with van der Waals surface area (Å²) in [5, 5.41) is 6.97. The van der Waals surface area contributed by atoms with Crippen LogP contribution in [0, 0.1) is 0 Å². The Balaban J connectivity index is 1.68. The maximum absolute atomic E-state index is 11.9. The first-order valence-electron chi connectivity index (χ1n) is 6.02. The molecule has 1 aliphatic rings. The molecule has 2 aromatic rings. The molecule has 0 aliphatic carbocycles. The predicted octanol–water partition coefficient (Wildman–Crippen LogP) is 0.887. The number of hydrogen-bond donors (Lipinski definition) is 1. The highest BCUT2D eigenvalue weighted by atomic mass is 16.5. The Morgan fingerprint density at radius 1 is 1.42 bits per heavy atom. The van der Waals surface area contributed by atoms with Gasteiger partial charge in [0, 0.05) is 25.2 Å². The van der Waals surface area contributed by atoms with Gasteiger partial charge in [-0.25, -0.2) is 4.98 Å². The van der Waals surface area contributed by atoms with Crippen molar-refractivity contribution < 1.29 is 9.53 Å². The molecule has 1 aliphatic heterocycles. The SMILES string of the molecule is O=C(Nc1cnn([C@@H]2CCOC2)c1)c1cnccn1. The van der Waals surface area contributed by atoms with Gasteiger partial charge >= 0.3 is 0 Å². The lowest BCUT2D eigenvalue weighted by molar-refractivity contribution is 0.102. The van der Waals surface area contributed by atoms with E-state index in [1.807, 2.05) is 4.68 Å². The third kappa shape index (κ3) is 2.60. The van der Waals surface area contributed by atoms with Gasteiger partial charge < -0.3 is 10.1 Å². The number of hydrogen-bond acceptors (Lipinski definition) is 5. The molecule has 0 radical (unpaired) electrons. The van der Waals surface area contributed by atoms with E-state index >= 15 is 0 Å². The number of nitrogens with zero attached hydrogens (tertiary/aromatic N) is 4. The number of amides is 1. The molecule has 98 valence electrons. The summed E-state index contributed by atoms with van der Waals surface area (Å²) in [6.07, 6.45) is 8.78. The number of aromatic nitrogens is 4. The Morgan fingerprint density at radius 3 is 3.11 bits per heavy atom. The van der Waals surface area contributed by atoms with Gasteiger partial charge in [-0.1, -0.05) is 0 Å². The number of carbonyl (C=O) groups excluding carboxylic acids is 1. The number of carbonyl (C=O) groups is 1. The zero-order chi connectivity index (χ0) is 13.1. The Kier molecular flexibility index (Phi) is 3.20. The molecular formula is C12H13N5O2. The first-order valence-corrected chi connectivity index (χ1v) is 6.02. The van der Waals surface area contributed by atoms with Gasteiger partial charge in [0.2, 0.25) is 0 Å². The third-order valence-corrected chi connectivity index (χ3v) is 2.93. The molecule has 0 saturated carbocycles. The fourth-order valence-electron chi connectivity index (χ4n) is 1.94. The minimum Gasteiger partial charge on any atom is -0.379 e. The van der Waals surface area contributed by atoms with E-state index in [4.69, 9.17) is 4.74 Å². The molecule has 0 bridgehead atoms. The van der Waals surface area contributed by atoms with Crippen LogP contribution in [0.25, 0.3) is 0 Å². The van der Waals surface area contributed by atoms with Crippen LogP contribution >= 0.6 is 0 Å². The third-order valence-electron chi connectivity index (χ3n) is 2.93. The molecule has 1 saturated heterocycles. The van der Waals surface area contributed by atoms with Crippen molar-refractivity contribution in [3.63, 3.8) is 0 Å². The predicted molar refractivity (Wildman–Crippen MR) is 66.7 cm³/mol. The molecule has 0 spiro atoms. The summed E-state index contributed by atoms with van der Waals surface area (Å²) >= 11 is 0. The van der Waals surface area contributed by atoms with Crippen molar-refractivity contribution in [3.8, 4) is 0 Å². The smallest absolute Gasteiger partial charge is 0.275 e. The summed E-state index contributed by atoms with van der Waals surface area (Å²) in [6.45, 7) is 1.42. The number of nitrogens with one attached hydrogen (secondary N) is 1. The highest BCUT2D eigenvalue weighted by molar-refractivity contribution is 6.02. The van der Waals surface area contributed by atoms with Crippen molar-refractivity contribution in [3.05, 3.63) is 36.7 Å². The summed E-state index contributed by atoms with van der Waals surface area (Å²) in [7, 11) is 0. The largest absolute Gasteiger partial charge is 0.379 e. The maximum atomic E-state index is 11.9. The van der Waals surface area contributed by atoms with E-state index < -0.39 is 0 Å². The maximum Gasteiger partial charge on any atom is 0.275 e. The van der Waals surface area contributed by atoms with Crippen LogP contribution in [0.4, 0.5) is 5.69 Å². The number of anilines is 1. The zero-order valence-corrected chi connectivity index (χ0v) is 10.2. The van der Waals surface area contributed by atoms with E-state index in [0.29, 0.717) is 12.3 Å². The van der Waals surface area contributed by atoms with Gasteiger partial charge in [0.15, 0.2) is 0 Å². The lowest BCUT2D eigenvalue weighted by Gasteiger charge is -2.06. The summed E-state index contributed by atoms with van der Waals surface area (Å²) in [4.78, 5) is 19.7. The molecule has 1 atom stereocenters. The molecule has 0 aromatic carbocycles. The molecule has 3 rings (SSSR count). The van der Waals surface area contributed by atoms with Crippen LogP contribution in [0.15, 0.2) is 31.0 Å². The topological polar surface area (TPSA) is 81.9 Å². The minimum absolute atomic E-state index is 0.252. The number of rotatable bonds is 3. The molecule has 2 aromatic heterocycles. The summed E-state index contributed by atoms with van der Waals surface area (Å²) in [5.41, 5.74) is 0.919. The van der Waals surface area contributed by atoms with Crippen LogP contribution in [0.1, 0.15) is 23.0 Å². The van der Waals surface area contributed by atoms with Crippen LogP contribution in [0.5, 0.6) is 0 Å². The average molecular weight is 259 g/mol. The summed E-state index contributed by atoms with van der Waals surface area (Å²) in [6, 6.07) is 0.252. The van der Waals surface area contributed by atoms with Crippen molar-refractivity contribution in [1.29, 1.82) is 0 Å². The fourth-order valence-corrected chi connectivity index (χ4v) is 1.94. The zero-order valence-electron chi connectivity index (χ0n) is 10.2. The van der Waals surface area contributed by atoms with Crippen LogP contribution in [-0.4, -0.2) is 38.9 Å². The van der Waals surface area contributed by atoms with Gasteiger partial charge in [-0.15, -0.1) is 0 Å². The van der Waals surface area contributed by atoms with E-state index in [9.17, 15) is 4.79 Å². The Labute approximate surface area is 109 Å². The highest BCUT2D eigenvalue weighted by Crippen LogP contribution is 2.19. The van der Waals surface area contributed by atoms with Gasteiger partial charge in [-0.2, -0.15) is 5.10 Å². The molecule has 1 amide bonds. The molecule has 0 unspecified atom stereocenters. The first-order chi connectivity index (χ1) is 9.33. The fraction of sp³-hybridized carbons (Fsp3) is 0.333. The van der Waals surface area contributed by atoms with Gasteiger partial charge in [-0.05, 0) is 6.42 Å². The van der Waals surface area contributed by atoms with Crippen LogP contribution < -0.4 is 5.32 Å². The first kappa shape index (κ1) is 11.8. The van der Waals surface area contributed by atoms with Crippen molar-refractivity contribution in [1.82, 2.24) is 19.7 Å². The van der Waals surface area contributed by atoms with Gasteiger partial charge in [0.1, 0.15) is 5.69 Å². The van der Waals surface area contributed by atoms with Gasteiger partial charge in [0.25, 0.3) is 5.91 Å². The van der Waals surface area contributed by atoms with Crippen molar-refractivity contribution >= 4 is 11.6 Å². The molecule has 7 heteroatoms. The molecule has 7 nitrogen and oxygen atoms in total. The quantitative estimate of drug-likeness (QED) is 0.885. The van der Waals surface area contributed by atoms with E-state index in [0.717, 1.165) is 13.0 Å².